The van der Waals surface area contributed by atoms with Gasteiger partial charge < -0.3 is 4.90 Å². The fourth-order valence-electron chi connectivity index (χ4n) is 2.54. The van der Waals surface area contributed by atoms with E-state index in [1.165, 1.54) is 11.3 Å². The first kappa shape index (κ1) is 15.3. The highest BCUT2D eigenvalue weighted by Crippen LogP contribution is 2.19. The van der Waals surface area contributed by atoms with E-state index in [2.05, 4.69) is 30.8 Å². The minimum absolute atomic E-state index is 0.00243. The quantitative estimate of drug-likeness (QED) is 0.660. The van der Waals surface area contributed by atoms with Gasteiger partial charge in [-0.25, -0.2) is 4.99 Å². The molecule has 0 radical (unpaired) electrons. The van der Waals surface area contributed by atoms with Gasteiger partial charge in [0.2, 0.25) is 0 Å². The van der Waals surface area contributed by atoms with Crippen LogP contribution in [0.3, 0.4) is 0 Å². The molecule has 24 heavy (non-hydrogen) atoms. The molecule has 0 bridgehead atoms. The van der Waals surface area contributed by atoms with Gasteiger partial charge in [0.1, 0.15) is 13.3 Å². The van der Waals surface area contributed by atoms with Crippen molar-refractivity contribution in [3.8, 4) is 0 Å². The number of rotatable bonds is 2. The van der Waals surface area contributed by atoms with Crippen LogP contribution >= 0.6 is 27.3 Å². The van der Waals surface area contributed by atoms with Crippen molar-refractivity contribution in [2.45, 2.75) is 6.67 Å². The third-order valence-electron chi connectivity index (χ3n) is 3.77. The van der Waals surface area contributed by atoms with Gasteiger partial charge in [0.25, 0.3) is 5.56 Å². The largest absolute Gasteiger partial charge is 0.334 e. The summed E-state index contributed by atoms with van der Waals surface area (Å²) in [6.07, 6.45) is 5.33. The summed E-state index contributed by atoms with van der Waals surface area (Å²) in [6.45, 7) is 1.07. The number of fused-ring (bicyclic) bond motifs is 1. The Morgan fingerprint density at radius 1 is 1.12 bits per heavy atom. The summed E-state index contributed by atoms with van der Waals surface area (Å²) in [5.74, 6) is 0. The zero-order valence-corrected chi connectivity index (χ0v) is 15.0. The van der Waals surface area contributed by atoms with E-state index in [0.29, 0.717) is 17.9 Å². The molecule has 4 rings (SSSR count). The molecule has 5 nitrogen and oxygen atoms in total. The first-order chi connectivity index (χ1) is 11.7. The molecule has 1 aliphatic rings. The van der Waals surface area contributed by atoms with Crippen LogP contribution in [0.15, 0.2) is 63.1 Å². The number of hydrogen-bond donors (Lipinski definition) is 0. The molecule has 3 heterocycles. The lowest BCUT2D eigenvalue weighted by molar-refractivity contribution is 0.569. The molecule has 7 heteroatoms. The normalized spacial score (nSPS) is 14.4. The smallest absolute Gasteiger partial charge is 0.271 e. The second-order valence-corrected chi connectivity index (χ2v) is 7.29. The predicted octanol–water partition coefficient (Wildman–Crippen LogP) is 1.95. The molecule has 0 amide bonds. The van der Waals surface area contributed by atoms with Crippen molar-refractivity contribution in [2.24, 2.45) is 4.99 Å². The molecule has 0 saturated carbocycles. The third-order valence-corrected chi connectivity index (χ3v) is 5.35. The molecule has 1 aromatic carbocycles. The highest BCUT2D eigenvalue weighted by atomic mass is 79.9. The van der Waals surface area contributed by atoms with Gasteiger partial charge in [-0.15, -0.1) is 0 Å². The Morgan fingerprint density at radius 3 is 2.62 bits per heavy atom. The van der Waals surface area contributed by atoms with Crippen molar-refractivity contribution in [2.75, 3.05) is 11.6 Å². The standard InChI is InChI=1S/C17H13BrN4OS/c18-13-1-3-14(4-2-13)21-10-20-17-22(11-21)16(23)15(24-17)9-12-5-7-19-8-6-12/h1-9H,10-11H2/b15-9-. The molecular weight excluding hydrogens is 388 g/mol. The molecular formula is C17H13BrN4OS. The topological polar surface area (TPSA) is 50.5 Å². The van der Waals surface area contributed by atoms with E-state index in [1.54, 1.807) is 17.0 Å². The van der Waals surface area contributed by atoms with Crippen LogP contribution in [-0.2, 0) is 6.67 Å². The second-order valence-electron chi connectivity index (χ2n) is 5.36. The first-order valence-electron chi connectivity index (χ1n) is 7.37. The van der Waals surface area contributed by atoms with Crippen molar-refractivity contribution >= 4 is 39.0 Å². The fourth-order valence-corrected chi connectivity index (χ4v) is 3.76. The fraction of sp³-hybridized carbons (Fsp3) is 0.118. The SMILES string of the molecule is O=c1/c(=C/c2ccncc2)sc2n1CN(c1ccc(Br)cc1)CN=2. The number of nitrogens with zero attached hydrogens (tertiary/aromatic N) is 4. The van der Waals surface area contributed by atoms with Crippen molar-refractivity contribution < 1.29 is 0 Å². The van der Waals surface area contributed by atoms with Gasteiger partial charge in [-0.2, -0.15) is 0 Å². The summed E-state index contributed by atoms with van der Waals surface area (Å²) in [7, 11) is 0. The minimum atomic E-state index is -0.00243. The maximum atomic E-state index is 12.7. The number of hydrogen-bond acceptors (Lipinski definition) is 5. The van der Waals surface area contributed by atoms with E-state index in [0.717, 1.165) is 20.5 Å². The minimum Gasteiger partial charge on any atom is -0.334 e. The van der Waals surface area contributed by atoms with Gasteiger partial charge in [-0.1, -0.05) is 27.3 Å². The maximum Gasteiger partial charge on any atom is 0.271 e. The van der Waals surface area contributed by atoms with Crippen LogP contribution in [0.2, 0.25) is 0 Å². The predicted molar refractivity (Wildman–Crippen MR) is 98.7 cm³/mol. The molecule has 0 aliphatic carbocycles. The number of benzene rings is 1. The molecule has 3 aromatic rings. The van der Waals surface area contributed by atoms with Crippen molar-refractivity contribution in [1.29, 1.82) is 0 Å². The zero-order valence-electron chi connectivity index (χ0n) is 12.6. The number of thiazole rings is 1. The van der Waals surface area contributed by atoms with Gasteiger partial charge in [0.05, 0.1) is 4.53 Å². The lowest BCUT2D eigenvalue weighted by Crippen LogP contribution is -2.42. The van der Waals surface area contributed by atoms with E-state index in [4.69, 9.17) is 0 Å². The number of anilines is 1. The van der Waals surface area contributed by atoms with E-state index in [1.807, 2.05) is 42.5 Å². The van der Waals surface area contributed by atoms with Gasteiger partial charge in [0, 0.05) is 22.6 Å². The van der Waals surface area contributed by atoms with Gasteiger partial charge >= 0.3 is 0 Å². The third kappa shape index (κ3) is 2.92. The Bertz CT molecular complexity index is 1040. The Labute approximate surface area is 150 Å². The summed E-state index contributed by atoms with van der Waals surface area (Å²) in [5.41, 5.74) is 2.01. The Hall–Kier alpha value is -2.25. The van der Waals surface area contributed by atoms with E-state index in [-0.39, 0.29) is 5.56 Å². The van der Waals surface area contributed by atoms with Crippen molar-refractivity contribution in [3.05, 3.63) is 78.5 Å². The molecule has 2 aromatic heterocycles. The van der Waals surface area contributed by atoms with E-state index < -0.39 is 0 Å². The lowest BCUT2D eigenvalue weighted by Gasteiger charge is -2.25. The number of pyridine rings is 1. The highest BCUT2D eigenvalue weighted by Gasteiger charge is 2.15. The summed E-state index contributed by atoms with van der Waals surface area (Å²) in [6, 6.07) is 11.8. The van der Waals surface area contributed by atoms with Crippen molar-refractivity contribution in [1.82, 2.24) is 9.55 Å². The van der Waals surface area contributed by atoms with Crippen LogP contribution in [0.25, 0.3) is 6.08 Å². The van der Waals surface area contributed by atoms with Crippen LogP contribution in [0, 0.1) is 0 Å². The molecule has 0 unspecified atom stereocenters. The Kier molecular flexibility index (Phi) is 4.03. The Balaban J connectivity index is 1.71. The monoisotopic (exact) mass is 400 g/mol. The summed E-state index contributed by atoms with van der Waals surface area (Å²) >= 11 is 4.87. The Morgan fingerprint density at radius 2 is 1.88 bits per heavy atom. The molecule has 1 aliphatic heterocycles. The van der Waals surface area contributed by atoms with Gasteiger partial charge in [0.15, 0.2) is 4.80 Å². The van der Waals surface area contributed by atoms with Crippen LogP contribution < -0.4 is 19.8 Å². The van der Waals surface area contributed by atoms with Gasteiger partial charge in [-0.3, -0.25) is 14.3 Å². The summed E-state index contributed by atoms with van der Waals surface area (Å²) < 4.78 is 3.45. The molecule has 0 atom stereocenters. The summed E-state index contributed by atoms with van der Waals surface area (Å²) in [5, 5.41) is 0. The van der Waals surface area contributed by atoms with Crippen LogP contribution in [-0.4, -0.2) is 16.2 Å². The molecule has 0 fully saturated rings. The average molecular weight is 401 g/mol. The van der Waals surface area contributed by atoms with Gasteiger partial charge in [-0.05, 0) is 48.0 Å². The second kappa shape index (κ2) is 6.33. The molecule has 0 saturated heterocycles. The van der Waals surface area contributed by atoms with Crippen LogP contribution in [0.5, 0.6) is 0 Å². The van der Waals surface area contributed by atoms with E-state index in [9.17, 15) is 4.79 Å². The van der Waals surface area contributed by atoms with E-state index >= 15 is 0 Å². The average Bonchev–Trinajstić information content (AvgIpc) is 2.92. The number of halogens is 1. The lowest BCUT2D eigenvalue weighted by atomic mass is 10.2. The molecule has 0 spiro atoms. The first-order valence-corrected chi connectivity index (χ1v) is 8.98. The summed E-state index contributed by atoms with van der Waals surface area (Å²) in [4.78, 5) is 24.1. The maximum absolute atomic E-state index is 12.7. The van der Waals surface area contributed by atoms with Crippen LogP contribution in [0.1, 0.15) is 5.56 Å². The molecule has 120 valence electrons. The van der Waals surface area contributed by atoms with Crippen LogP contribution in [0.4, 0.5) is 5.69 Å². The molecule has 0 N–H and O–H groups in total. The number of aromatic nitrogens is 2. The highest BCUT2D eigenvalue weighted by molar-refractivity contribution is 9.10. The van der Waals surface area contributed by atoms with Crippen molar-refractivity contribution in [3.63, 3.8) is 0 Å². The zero-order chi connectivity index (χ0) is 16.5.